The minimum Gasteiger partial charge on any atom is -0.358 e. The van der Waals surface area contributed by atoms with Crippen molar-refractivity contribution < 1.29 is 9.18 Å². The lowest BCUT2D eigenvalue weighted by molar-refractivity contribution is -0.120. The van der Waals surface area contributed by atoms with Gasteiger partial charge in [-0.15, -0.1) is 0 Å². The van der Waals surface area contributed by atoms with Gasteiger partial charge in [0.25, 0.3) is 0 Å². The van der Waals surface area contributed by atoms with Crippen molar-refractivity contribution >= 4 is 22.5 Å². The van der Waals surface area contributed by atoms with Crippen molar-refractivity contribution in [3.63, 3.8) is 0 Å². The van der Waals surface area contributed by atoms with Crippen LogP contribution >= 0.6 is 0 Å². The fourth-order valence-corrected chi connectivity index (χ4v) is 3.39. The smallest absolute Gasteiger partial charge is 0.227 e. The first-order valence-corrected chi connectivity index (χ1v) is 7.86. The van der Waals surface area contributed by atoms with Gasteiger partial charge < -0.3 is 10.3 Å². The maximum atomic E-state index is 13.7. The topological polar surface area (TPSA) is 44.9 Å². The van der Waals surface area contributed by atoms with Crippen molar-refractivity contribution in [3.8, 4) is 0 Å². The number of aromatic amines is 1. The maximum absolute atomic E-state index is 13.7. The number of hydrogen-bond donors (Lipinski definition) is 2. The van der Waals surface area contributed by atoms with Gasteiger partial charge in [0, 0.05) is 22.5 Å². The molecule has 1 aliphatic rings. The van der Waals surface area contributed by atoms with Crippen LogP contribution < -0.4 is 5.32 Å². The van der Waals surface area contributed by atoms with E-state index < -0.39 is 5.82 Å². The van der Waals surface area contributed by atoms with E-state index in [-0.39, 0.29) is 17.5 Å². The first kappa shape index (κ1) is 14.0. The Morgan fingerprint density at radius 1 is 1.13 bits per heavy atom. The Labute approximate surface area is 133 Å². The molecule has 0 saturated carbocycles. The molecule has 0 saturated heterocycles. The number of halogens is 1. The first-order chi connectivity index (χ1) is 11.2. The Hall–Kier alpha value is -2.62. The minimum atomic E-state index is -0.399. The lowest BCUT2D eigenvalue weighted by Crippen LogP contribution is -2.28. The van der Waals surface area contributed by atoms with Crippen LogP contribution in [-0.2, 0) is 17.6 Å². The maximum Gasteiger partial charge on any atom is 0.227 e. The van der Waals surface area contributed by atoms with Crippen molar-refractivity contribution in [1.82, 2.24) is 4.98 Å². The van der Waals surface area contributed by atoms with E-state index in [9.17, 15) is 9.18 Å². The molecule has 0 fully saturated rings. The van der Waals surface area contributed by atoms with Gasteiger partial charge in [-0.05, 0) is 43.0 Å². The number of amides is 1. The molecular formula is C19H17FN2O. The molecule has 0 radical (unpaired) electrons. The van der Waals surface area contributed by atoms with Crippen LogP contribution in [0.5, 0.6) is 0 Å². The number of aromatic nitrogens is 1. The molecule has 0 bridgehead atoms. The number of aryl methyl sites for hydroxylation is 1. The highest BCUT2D eigenvalue weighted by atomic mass is 19.1. The van der Waals surface area contributed by atoms with Gasteiger partial charge in [-0.2, -0.15) is 0 Å². The summed E-state index contributed by atoms with van der Waals surface area (Å²) in [5, 5.41) is 3.91. The molecule has 1 atom stereocenters. The summed E-state index contributed by atoms with van der Waals surface area (Å²) in [6, 6.07) is 14.4. The van der Waals surface area contributed by atoms with Gasteiger partial charge in [-0.25, -0.2) is 4.39 Å². The van der Waals surface area contributed by atoms with Crippen LogP contribution in [0.25, 0.3) is 10.9 Å². The first-order valence-electron chi connectivity index (χ1n) is 7.86. The molecule has 1 amide bonds. The molecule has 4 heteroatoms. The van der Waals surface area contributed by atoms with Crippen molar-refractivity contribution in [2.75, 3.05) is 5.32 Å². The third-order valence-corrected chi connectivity index (χ3v) is 4.60. The zero-order chi connectivity index (χ0) is 15.8. The summed E-state index contributed by atoms with van der Waals surface area (Å²) in [5.41, 5.74) is 3.82. The van der Waals surface area contributed by atoms with Crippen molar-refractivity contribution in [2.45, 2.75) is 19.3 Å². The Bertz CT molecular complexity index is 884. The van der Waals surface area contributed by atoms with Crippen LogP contribution in [0.4, 0.5) is 10.1 Å². The number of carbonyl (C=O) groups excluding carboxylic acids is 1. The van der Waals surface area contributed by atoms with Gasteiger partial charge in [0.15, 0.2) is 0 Å². The zero-order valence-corrected chi connectivity index (χ0v) is 12.6. The lowest BCUT2D eigenvalue weighted by Gasteiger charge is -2.22. The van der Waals surface area contributed by atoms with Gasteiger partial charge in [0.2, 0.25) is 5.91 Å². The SMILES string of the molecule is O=C(Nc1ccccc1F)C1CCc2[nH]c3ccccc3c2C1. The molecule has 3 aromatic rings. The molecule has 0 spiro atoms. The van der Waals surface area contributed by atoms with Crippen LogP contribution in [0.2, 0.25) is 0 Å². The summed E-state index contributed by atoms with van der Waals surface area (Å²) in [5.74, 6) is -0.628. The predicted molar refractivity (Wildman–Crippen MR) is 88.8 cm³/mol. The van der Waals surface area contributed by atoms with Crippen molar-refractivity contribution in [2.24, 2.45) is 5.92 Å². The highest BCUT2D eigenvalue weighted by Gasteiger charge is 2.27. The molecule has 3 nitrogen and oxygen atoms in total. The second-order valence-electron chi connectivity index (χ2n) is 6.04. The van der Waals surface area contributed by atoms with Gasteiger partial charge in [0.1, 0.15) is 5.82 Å². The van der Waals surface area contributed by atoms with Crippen LogP contribution in [0, 0.1) is 11.7 Å². The highest BCUT2D eigenvalue weighted by Crippen LogP contribution is 2.32. The van der Waals surface area contributed by atoms with Crippen LogP contribution in [0.3, 0.4) is 0 Å². The molecule has 1 aromatic heterocycles. The second-order valence-corrected chi connectivity index (χ2v) is 6.04. The molecular weight excluding hydrogens is 291 g/mol. The van der Waals surface area contributed by atoms with Gasteiger partial charge in [-0.3, -0.25) is 4.79 Å². The molecule has 2 aromatic carbocycles. The predicted octanol–water partition coefficient (Wildman–Crippen LogP) is 4.05. The second kappa shape index (κ2) is 5.54. The fraction of sp³-hybridized carbons (Fsp3) is 0.211. The summed E-state index contributed by atoms with van der Waals surface area (Å²) >= 11 is 0. The number of hydrogen-bond acceptors (Lipinski definition) is 1. The molecule has 1 aliphatic carbocycles. The fourth-order valence-electron chi connectivity index (χ4n) is 3.39. The Kier molecular flexibility index (Phi) is 3.37. The normalized spacial score (nSPS) is 17.0. The van der Waals surface area contributed by atoms with Crippen LogP contribution in [0.1, 0.15) is 17.7 Å². The third kappa shape index (κ3) is 2.50. The molecule has 1 unspecified atom stereocenters. The van der Waals surface area contributed by atoms with Gasteiger partial charge in [0.05, 0.1) is 5.69 Å². The molecule has 4 rings (SSSR count). The Morgan fingerprint density at radius 2 is 1.91 bits per heavy atom. The molecule has 116 valence electrons. The number of fused-ring (bicyclic) bond motifs is 3. The largest absolute Gasteiger partial charge is 0.358 e. The van der Waals surface area contributed by atoms with E-state index in [0.717, 1.165) is 18.4 Å². The zero-order valence-electron chi connectivity index (χ0n) is 12.6. The average Bonchev–Trinajstić information content (AvgIpc) is 2.94. The summed E-state index contributed by atoms with van der Waals surface area (Å²) in [6.07, 6.45) is 2.32. The van der Waals surface area contributed by atoms with E-state index >= 15 is 0 Å². The molecule has 23 heavy (non-hydrogen) atoms. The number of anilines is 1. The van der Waals surface area contributed by atoms with Gasteiger partial charge in [-0.1, -0.05) is 30.3 Å². The number of carbonyl (C=O) groups is 1. The van der Waals surface area contributed by atoms with E-state index in [2.05, 4.69) is 22.4 Å². The number of para-hydroxylation sites is 2. The highest BCUT2D eigenvalue weighted by molar-refractivity contribution is 5.94. The van der Waals surface area contributed by atoms with E-state index in [1.165, 1.54) is 22.7 Å². The lowest BCUT2D eigenvalue weighted by atomic mass is 9.86. The molecule has 2 N–H and O–H groups in total. The number of rotatable bonds is 2. The quantitative estimate of drug-likeness (QED) is 0.737. The van der Waals surface area contributed by atoms with Gasteiger partial charge >= 0.3 is 0 Å². The number of benzene rings is 2. The molecule has 0 aliphatic heterocycles. The Balaban J connectivity index is 1.58. The Morgan fingerprint density at radius 3 is 2.78 bits per heavy atom. The summed E-state index contributed by atoms with van der Waals surface area (Å²) in [4.78, 5) is 15.9. The standard InChI is InChI=1S/C19H17FN2O/c20-15-6-2-4-8-18(15)22-19(23)12-9-10-17-14(11-12)13-5-1-3-7-16(13)21-17/h1-8,12,21H,9-11H2,(H,22,23). The van der Waals surface area contributed by atoms with E-state index in [0.29, 0.717) is 6.42 Å². The van der Waals surface area contributed by atoms with Crippen LogP contribution in [0.15, 0.2) is 48.5 Å². The van der Waals surface area contributed by atoms with E-state index in [4.69, 9.17) is 0 Å². The number of nitrogens with one attached hydrogen (secondary N) is 2. The average molecular weight is 308 g/mol. The molecule has 1 heterocycles. The minimum absolute atomic E-state index is 0.106. The summed E-state index contributed by atoms with van der Waals surface area (Å²) in [7, 11) is 0. The number of H-pyrrole nitrogens is 1. The summed E-state index contributed by atoms with van der Waals surface area (Å²) < 4.78 is 13.7. The third-order valence-electron chi connectivity index (χ3n) is 4.60. The van der Waals surface area contributed by atoms with E-state index in [1.807, 2.05) is 12.1 Å². The monoisotopic (exact) mass is 308 g/mol. The summed E-state index contributed by atoms with van der Waals surface area (Å²) in [6.45, 7) is 0. The van der Waals surface area contributed by atoms with Crippen molar-refractivity contribution in [3.05, 3.63) is 65.6 Å². The van der Waals surface area contributed by atoms with E-state index in [1.54, 1.807) is 18.2 Å². The van der Waals surface area contributed by atoms with Crippen molar-refractivity contribution in [1.29, 1.82) is 0 Å². The van der Waals surface area contributed by atoms with Crippen LogP contribution in [-0.4, -0.2) is 10.9 Å².